The minimum absolute atomic E-state index is 0.121. The van der Waals surface area contributed by atoms with Crippen molar-refractivity contribution in [1.29, 1.82) is 0 Å². The third-order valence-electron chi connectivity index (χ3n) is 2.76. The van der Waals surface area contributed by atoms with E-state index in [9.17, 15) is 8.42 Å². The Hall–Kier alpha value is 0.160. The highest BCUT2D eigenvalue weighted by atomic mass is 35.5. The molecule has 0 amide bonds. The van der Waals surface area contributed by atoms with Crippen molar-refractivity contribution in [3.8, 4) is 0 Å². The van der Waals surface area contributed by atoms with Crippen LogP contribution in [-0.2, 0) is 14.8 Å². The van der Waals surface area contributed by atoms with Crippen molar-refractivity contribution in [3.63, 3.8) is 0 Å². The number of hydrogen-bond acceptors (Lipinski definition) is 3. The number of hydrogen-bond donors (Lipinski definition) is 0. The quantitative estimate of drug-likeness (QED) is 0.493. The zero-order chi connectivity index (χ0) is 12.2. The largest absolute Gasteiger partial charge is 0.380 e. The molecule has 0 radical (unpaired) electrons. The smallest absolute Gasteiger partial charge is 0.217 e. The first-order valence-electron chi connectivity index (χ1n) is 5.57. The molecular formula is C10H20ClNO3S. The van der Waals surface area contributed by atoms with E-state index < -0.39 is 15.3 Å². The second kappa shape index (κ2) is 6.19. The third-order valence-corrected chi connectivity index (χ3v) is 5.64. The van der Waals surface area contributed by atoms with E-state index in [0.717, 1.165) is 6.61 Å². The van der Waals surface area contributed by atoms with Gasteiger partial charge in [0, 0.05) is 26.1 Å². The van der Waals surface area contributed by atoms with Gasteiger partial charge in [-0.25, -0.2) is 12.7 Å². The summed E-state index contributed by atoms with van der Waals surface area (Å²) in [5.74, 6) is 0.832. The van der Waals surface area contributed by atoms with E-state index in [1.54, 1.807) is 14.0 Å². The molecule has 0 aromatic rings. The maximum Gasteiger partial charge on any atom is 0.217 e. The molecule has 1 aliphatic carbocycles. The maximum absolute atomic E-state index is 11.8. The molecular weight excluding hydrogens is 250 g/mol. The standard InChI is InChI=1S/C10H20ClNO3S/c1-9(7-11)16(13,14)12(2)5-6-15-8-10-3-4-10/h9-10H,3-8H2,1-2H3. The third kappa shape index (κ3) is 4.20. The van der Waals surface area contributed by atoms with Gasteiger partial charge in [-0.15, -0.1) is 11.6 Å². The van der Waals surface area contributed by atoms with Gasteiger partial charge in [0.1, 0.15) is 0 Å². The molecule has 1 atom stereocenters. The van der Waals surface area contributed by atoms with Crippen LogP contribution in [0.1, 0.15) is 19.8 Å². The van der Waals surface area contributed by atoms with E-state index in [1.807, 2.05) is 0 Å². The fraction of sp³-hybridized carbons (Fsp3) is 1.00. The van der Waals surface area contributed by atoms with Crippen LogP contribution in [0.3, 0.4) is 0 Å². The second-order valence-electron chi connectivity index (χ2n) is 4.35. The first-order valence-corrected chi connectivity index (χ1v) is 7.61. The van der Waals surface area contributed by atoms with E-state index in [4.69, 9.17) is 16.3 Å². The zero-order valence-electron chi connectivity index (χ0n) is 9.86. The van der Waals surface area contributed by atoms with E-state index in [0.29, 0.717) is 19.1 Å². The molecule has 1 rings (SSSR count). The van der Waals surface area contributed by atoms with Gasteiger partial charge in [0.25, 0.3) is 0 Å². The maximum atomic E-state index is 11.8. The SMILES string of the molecule is CC(CCl)S(=O)(=O)N(C)CCOCC1CC1. The van der Waals surface area contributed by atoms with Gasteiger partial charge in [-0.3, -0.25) is 0 Å². The van der Waals surface area contributed by atoms with Crippen molar-refractivity contribution in [1.82, 2.24) is 4.31 Å². The molecule has 1 saturated carbocycles. The van der Waals surface area contributed by atoms with Gasteiger partial charge >= 0.3 is 0 Å². The predicted octanol–water partition coefficient (Wildman–Crippen LogP) is 1.30. The molecule has 0 aromatic heterocycles. The van der Waals surface area contributed by atoms with Crippen molar-refractivity contribution < 1.29 is 13.2 Å². The van der Waals surface area contributed by atoms with Crippen molar-refractivity contribution in [2.45, 2.75) is 25.0 Å². The lowest BCUT2D eigenvalue weighted by atomic mass is 10.5. The van der Waals surface area contributed by atoms with E-state index in [1.165, 1.54) is 17.1 Å². The van der Waals surface area contributed by atoms with Crippen LogP contribution in [0.4, 0.5) is 0 Å². The molecule has 6 heteroatoms. The Kier molecular flexibility index (Phi) is 5.50. The van der Waals surface area contributed by atoms with Crippen LogP contribution in [0.25, 0.3) is 0 Å². The molecule has 96 valence electrons. The van der Waals surface area contributed by atoms with Gasteiger partial charge in [0.15, 0.2) is 0 Å². The normalized spacial score (nSPS) is 19.0. The minimum Gasteiger partial charge on any atom is -0.380 e. The Balaban J connectivity index is 2.23. The summed E-state index contributed by atoms with van der Waals surface area (Å²) in [6.07, 6.45) is 2.49. The molecule has 0 N–H and O–H groups in total. The Morgan fingerprint density at radius 2 is 2.12 bits per heavy atom. The molecule has 1 aliphatic rings. The first-order chi connectivity index (χ1) is 7.48. The molecule has 4 nitrogen and oxygen atoms in total. The average molecular weight is 270 g/mol. The molecule has 1 unspecified atom stereocenters. The van der Waals surface area contributed by atoms with Gasteiger partial charge in [-0.05, 0) is 25.7 Å². The monoisotopic (exact) mass is 269 g/mol. The van der Waals surface area contributed by atoms with Crippen molar-refractivity contribution in [2.24, 2.45) is 5.92 Å². The summed E-state index contributed by atoms with van der Waals surface area (Å²) < 4.78 is 30.3. The van der Waals surface area contributed by atoms with Gasteiger partial charge in [-0.2, -0.15) is 0 Å². The number of alkyl halides is 1. The topological polar surface area (TPSA) is 46.6 Å². The van der Waals surface area contributed by atoms with Crippen LogP contribution in [0.2, 0.25) is 0 Å². The molecule has 0 aromatic carbocycles. The number of ether oxygens (including phenoxy) is 1. The lowest BCUT2D eigenvalue weighted by molar-refractivity contribution is 0.117. The van der Waals surface area contributed by atoms with E-state index >= 15 is 0 Å². The zero-order valence-corrected chi connectivity index (χ0v) is 11.4. The Morgan fingerprint density at radius 1 is 1.50 bits per heavy atom. The lowest BCUT2D eigenvalue weighted by Crippen LogP contribution is -2.37. The summed E-state index contributed by atoms with van der Waals surface area (Å²) in [6.45, 7) is 3.24. The molecule has 0 saturated heterocycles. The lowest BCUT2D eigenvalue weighted by Gasteiger charge is -2.20. The summed E-state index contributed by atoms with van der Waals surface area (Å²) in [4.78, 5) is 0. The highest BCUT2D eigenvalue weighted by molar-refractivity contribution is 7.89. The minimum atomic E-state index is -3.25. The van der Waals surface area contributed by atoms with Gasteiger partial charge in [0.2, 0.25) is 10.0 Å². The van der Waals surface area contributed by atoms with Crippen molar-refractivity contribution in [3.05, 3.63) is 0 Å². The van der Waals surface area contributed by atoms with Crippen LogP contribution in [0.5, 0.6) is 0 Å². The number of nitrogens with zero attached hydrogens (tertiary/aromatic N) is 1. The Bertz CT molecular complexity index is 303. The predicted molar refractivity (Wildman–Crippen MR) is 65.3 cm³/mol. The Morgan fingerprint density at radius 3 is 2.62 bits per heavy atom. The average Bonchev–Trinajstić information content (AvgIpc) is 3.06. The highest BCUT2D eigenvalue weighted by Gasteiger charge is 2.25. The molecule has 0 aliphatic heterocycles. The van der Waals surface area contributed by atoms with Crippen LogP contribution in [-0.4, -0.2) is 50.7 Å². The summed E-state index contributed by atoms with van der Waals surface area (Å²) in [5.41, 5.74) is 0. The van der Waals surface area contributed by atoms with E-state index in [-0.39, 0.29) is 5.88 Å². The number of likely N-dealkylation sites (N-methyl/N-ethyl adjacent to an activating group) is 1. The second-order valence-corrected chi connectivity index (χ2v) is 7.12. The van der Waals surface area contributed by atoms with Crippen LogP contribution in [0.15, 0.2) is 0 Å². The van der Waals surface area contributed by atoms with Gasteiger partial charge in [0.05, 0.1) is 11.9 Å². The number of halogens is 1. The van der Waals surface area contributed by atoms with Gasteiger partial charge in [-0.1, -0.05) is 0 Å². The summed E-state index contributed by atoms with van der Waals surface area (Å²) in [5, 5.41) is -0.539. The number of rotatable bonds is 8. The molecule has 0 bridgehead atoms. The van der Waals surface area contributed by atoms with Crippen LogP contribution in [0, 0.1) is 5.92 Å². The van der Waals surface area contributed by atoms with Crippen LogP contribution < -0.4 is 0 Å². The first kappa shape index (κ1) is 14.2. The molecule has 0 heterocycles. The summed E-state index contributed by atoms with van der Waals surface area (Å²) in [7, 11) is -1.68. The molecule has 1 fully saturated rings. The van der Waals surface area contributed by atoms with Gasteiger partial charge < -0.3 is 4.74 Å². The summed E-state index contributed by atoms with van der Waals surface area (Å²) >= 11 is 5.55. The molecule has 16 heavy (non-hydrogen) atoms. The Labute approximate surface area is 103 Å². The van der Waals surface area contributed by atoms with Crippen molar-refractivity contribution >= 4 is 21.6 Å². The summed E-state index contributed by atoms with van der Waals surface area (Å²) in [6, 6.07) is 0. The van der Waals surface area contributed by atoms with E-state index in [2.05, 4.69) is 0 Å². The number of sulfonamides is 1. The highest BCUT2D eigenvalue weighted by Crippen LogP contribution is 2.28. The fourth-order valence-electron chi connectivity index (χ4n) is 1.24. The van der Waals surface area contributed by atoms with Crippen LogP contribution >= 0.6 is 11.6 Å². The van der Waals surface area contributed by atoms with Crippen molar-refractivity contribution in [2.75, 3.05) is 32.7 Å². The molecule has 0 spiro atoms. The fourth-order valence-corrected chi connectivity index (χ4v) is 2.82.